The van der Waals surface area contributed by atoms with Gasteiger partial charge in [0.25, 0.3) is 5.91 Å². The average molecular weight is 282 g/mol. The first kappa shape index (κ1) is 14.4. The molecular weight excluding hydrogens is 262 g/mol. The normalized spacial score (nSPS) is 23.4. The number of hydrogen-bond acceptors (Lipinski definition) is 2. The van der Waals surface area contributed by atoms with Crippen molar-refractivity contribution in [1.29, 1.82) is 0 Å². The Morgan fingerprint density at radius 2 is 2.32 bits per heavy atom. The van der Waals surface area contributed by atoms with Crippen molar-refractivity contribution >= 4 is 17.5 Å². The van der Waals surface area contributed by atoms with Gasteiger partial charge in [-0.3, -0.25) is 4.79 Å². The molecule has 2 rings (SSSR count). The molecule has 1 fully saturated rings. The highest BCUT2D eigenvalue weighted by Crippen LogP contribution is 2.25. The number of benzene rings is 1. The van der Waals surface area contributed by atoms with Crippen molar-refractivity contribution in [2.24, 2.45) is 0 Å². The molecule has 1 amide bonds. The third-order valence-electron chi connectivity index (χ3n) is 3.77. The van der Waals surface area contributed by atoms with E-state index in [4.69, 9.17) is 16.3 Å². The molecule has 0 N–H and O–H groups in total. The Morgan fingerprint density at radius 3 is 3.00 bits per heavy atom. The minimum Gasteiger partial charge on any atom is -0.377 e. The molecule has 1 saturated heterocycles. The SMILES string of the molecule is COC1(C)CCCN(C(=O)c2cccc(CCl)c2)C1. The lowest BCUT2D eigenvalue weighted by Crippen LogP contribution is -2.49. The van der Waals surface area contributed by atoms with Crippen molar-refractivity contribution in [3.05, 3.63) is 35.4 Å². The standard InChI is InChI=1S/C15H20ClNO2/c1-15(19-2)7-4-8-17(11-15)14(18)13-6-3-5-12(9-13)10-16/h3,5-6,9H,4,7-8,10-11H2,1-2H3. The molecule has 19 heavy (non-hydrogen) atoms. The maximum Gasteiger partial charge on any atom is 0.253 e. The van der Waals surface area contributed by atoms with Gasteiger partial charge in [0, 0.05) is 31.6 Å². The monoisotopic (exact) mass is 281 g/mol. The zero-order chi connectivity index (χ0) is 13.9. The molecule has 0 radical (unpaired) electrons. The second kappa shape index (κ2) is 5.93. The van der Waals surface area contributed by atoms with Gasteiger partial charge in [-0.25, -0.2) is 0 Å². The van der Waals surface area contributed by atoms with E-state index in [0.717, 1.165) is 24.9 Å². The van der Waals surface area contributed by atoms with Crippen molar-refractivity contribution < 1.29 is 9.53 Å². The first-order valence-corrected chi connectivity index (χ1v) is 7.11. The molecule has 104 valence electrons. The quantitative estimate of drug-likeness (QED) is 0.797. The van der Waals surface area contributed by atoms with Crippen LogP contribution in [0.1, 0.15) is 35.7 Å². The van der Waals surface area contributed by atoms with Crippen LogP contribution >= 0.6 is 11.6 Å². The van der Waals surface area contributed by atoms with Crippen LogP contribution in [0.25, 0.3) is 0 Å². The van der Waals surface area contributed by atoms with Crippen molar-refractivity contribution in [1.82, 2.24) is 4.90 Å². The van der Waals surface area contributed by atoms with Crippen LogP contribution in [0.15, 0.2) is 24.3 Å². The van der Waals surface area contributed by atoms with Gasteiger partial charge in [0.15, 0.2) is 0 Å². The van der Waals surface area contributed by atoms with E-state index in [1.165, 1.54) is 0 Å². The van der Waals surface area contributed by atoms with Crippen LogP contribution in [-0.2, 0) is 10.6 Å². The number of methoxy groups -OCH3 is 1. The molecule has 1 atom stereocenters. The first-order valence-electron chi connectivity index (χ1n) is 6.57. The van der Waals surface area contributed by atoms with Crippen LogP contribution in [0.4, 0.5) is 0 Å². The number of carbonyl (C=O) groups is 1. The summed E-state index contributed by atoms with van der Waals surface area (Å²) in [7, 11) is 1.71. The van der Waals surface area contributed by atoms with Gasteiger partial charge in [-0.2, -0.15) is 0 Å². The second-order valence-electron chi connectivity index (χ2n) is 5.32. The Labute approximate surface area is 119 Å². The maximum atomic E-state index is 12.5. The summed E-state index contributed by atoms with van der Waals surface area (Å²) in [5.74, 6) is 0.492. The van der Waals surface area contributed by atoms with Gasteiger partial charge < -0.3 is 9.64 Å². The summed E-state index contributed by atoms with van der Waals surface area (Å²) in [6.07, 6.45) is 1.97. The van der Waals surface area contributed by atoms with Crippen molar-refractivity contribution in [3.8, 4) is 0 Å². The van der Waals surface area contributed by atoms with E-state index in [-0.39, 0.29) is 11.5 Å². The Balaban J connectivity index is 2.14. The molecule has 3 nitrogen and oxygen atoms in total. The van der Waals surface area contributed by atoms with E-state index < -0.39 is 0 Å². The predicted octanol–water partition coefficient (Wildman–Crippen LogP) is 3.07. The van der Waals surface area contributed by atoms with Crippen LogP contribution in [0.2, 0.25) is 0 Å². The Bertz CT molecular complexity index is 463. The summed E-state index contributed by atoms with van der Waals surface area (Å²) in [4.78, 5) is 14.4. The summed E-state index contributed by atoms with van der Waals surface area (Å²) in [5.41, 5.74) is 1.45. The van der Waals surface area contributed by atoms with Crippen molar-refractivity contribution in [2.45, 2.75) is 31.2 Å². The molecule has 0 bridgehead atoms. The van der Waals surface area contributed by atoms with E-state index in [0.29, 0.717) is 18.0 Å². The zero-order valence-electron chi connectivity index (χ0n) is 11.5. The fraction of sp³-hybridized carbons (Fsp3) is 0.533. The van der Waals surface area contributed by atoms with Crippen LogP contribution in [0, 0.1) is 0 Å². The van der Waals surface area contributed by atoms with E-state index >= 15 is 0 Å². The first-order chi connectivity index (χ1) is 9.08. The molecular formula is C15H20ClNO2. The molecule has 0 spiro atoms. The number of likely N-dealkylation sites (tertiary alicyclic amines) is 1. The van der Waals surface area contributed by atoms with Crippen molar-refractivity contribution in [2.75, 3.05) is 20.2 Å². The summed E-state index contributed by atoms with van der Waals surface area (Å²) in [5, 5.41) is 0. The minimum absolute atomic E-state index is 0.0648. The number of rotatable bonds is 3. The Kier molecular flexibility index (Phi) is 4.48. The number of nitrogens with zero attached hydrogens (tertiary/aromatic N) is 1. The maximum absolute atomic E-state index is 12.5. The van der Waals surface area contributed by atoms with Crippen LogP contribution in [0.5, 0.6) is 0 Å². The molecule has 0 saturated carbocycles. The average Bonchev–Trinajstić information content (AvgIpc) is 2.46. The summed E-state index contributed by atoms with van der Waals surface area (Å²) in [6.45, 7) is 3.50. The minimum atomic E-state index is -0.224. The van der Waals surface area contributed by atoms with Crippen molar-refractivity contribution in [3.63, 3.8) is 0 Å². The highest BCUT2D eigenvalue weighted by molar-refractivity contribution is 6.17. The second-order valence-corrected chi connectivity index (χ2v) is 5.59. The number of alkyl halides is 1. The molecule has 0 aliphatic carbocycles. The number of amides is 1. The lowest BCUT2D eigenvalue weighted by molar-refractivity contribution is -0.0440. The fourth-order valence-corrected chi connectivity index (χ4v) is 2.68. The third kappa shape index (κ3) is 3.28. The van der Waals surface area contributed by atoms with Gasteiger partial charge in [0.05, 0.1) is 5.60 Å². The zero-order valence-corrected chi connectivity index (χ0v) is 12.2. The topological polar surface area (TPSA) is 29.5 Å². The Hall–Kier alpha value is -1.06. The van der Waals surface area contributed by atoms with Gasteiger partial charge in [-0.15, -0.1) is 11.6 Å². The van der Waals surface area contributed by atoms with Gasteiger partial charge in [-0.05, 0) is 37.5 Å². The summed E-state index contributed by atoms with van der Waals surface area (Å²) >= 11 is 5.81. The summed E-state index contributed by atoms with van der Waals surface area (Å²) < 4.78 is 5.52. The number of piperidine rings is 1. The summed E-state index contributed by atoms with van der Waals surface area (Å²) in [6, 6.07) is 7.52. The molecule has 1 unspecified atom stereocenters. The molecule has 1 heterocycles. The third-order valence-corrected chi connectivity index (χ3v) is 4.08. The molecule has 1 aromatic carbocycles. The van der Waals surface area contributed by atoms with E-state index in [1.807, 2.05) is 29.2 Å². The highest BCUT2D eigenvalue weighted by Gasteiger charge is 2.33. The molecule has 1 aliphatic rings. The molecule has 1 aromatic rings. The number of carbonyl (C=O) groups excluding carboxylic acids is 1. The van der Waals surface area contributed by atoms with E-state index in [9.17, 15) is 4.79 Å². The van der Waals surface area contributed by atoms with Gasteiger partial charge in [-0.1, -0.05) is 12.1 Å². The number of halogens is 1. The van der Waals surface area contributed by atoms with Gasteiger partial charge in [0.1, 0.15) is 0 Å². The van der Waals surface area contributed by atoms with Crippen LogP contribution < -0.4 is 0 Å². The predicted molar refractivity (Wildman–Crippen MR) is 76.6 cm³/mol. The molecule has 1 aliphatic heterocycles. The largest absolute Gasteiger partial charge is 0.377 e. The lowest BCUT2D eigenvalue weighted by atomic mass is 9.94. The number of ether oxygens (including phenoxy) is 1. The van der Waals surface area contributed by atoms with Gasteiger partial charge in [0.2, 0.25) is 0 Å². The van der Waals surface area contributed by atoms with E-state index in [2.05, 4.69) is 6.92 Å². The number of hydrogen-bond donors (Lipinski definition) is 0. The van der Waals surface area contributed by atoms with Gasteiger partial charge >= 0.3 is 0 Å². The molecule has 4 heteroatoms. The highest BCUT2D eigenvalue weighted by atomic mass is 35.5. The molecule has 0 aromatic heterocycles. The van der Waals surface area contributed by atoms with Crippen LogP contribution in [0.3, 0.4) is 0 Å². The van der Waals surface area contributed by atoms with Crippen LogP contribution in [-0.4, -0.2) is 36.6 Å². The lowest BCUT2D eigenvalue weighted by Gasteiger charge is -2.39. The smallest absolute Gasteiger partial charge is 0.253 e. The Morgan fingerprint density at radius 1 is 1.53 bits per heavy atom. The fourth-order valence-electron chi connectivity index (χ4n) is 2.52. The van der Waals surface area contributed by atoms with E-state index in [1.54, 1.807) is 7.11 Å².